The van der Waals surface area contributed by atoms with Crippen molar-refractivity contribution in [3.05, 3.63) is 73.8 Å². The van der Waals surface area contributed by atoms with Crippen molar-refractivity contribution in [1.29, 1.82) is 0 Å². The van der Waals surface area contributed by atoms with E-state index in [2.05, 4.69) is 37.2 Å². The predicted molar refractivity (Wildman–Crippen MR) is 292 cm³/mol. The number of imide groups is 1. The van der Waals surface area contributed by atoms with E-state index in [4.69, 9.17) is 29.7 Å². The molecule has 458 valence electrons. The number of cyclic esters (lactones) is 1. The molecule has 5 heterocycles. The third-order valence-electron chi connectivity index (χ3n) is 14.9. The van der Waals surface area contributed by atoms with Crippen LogP contribution in [0.4, 0.5) is 14.0 Å². The Balaban J connectivity index is 0.916. The van der Waals surface area contributed by atoms with Crippen LogP contribution < -0.4 is 48.5 Å². The Kier molecular flexibility index (Phi) is 21.1. The quantitative estimate of drug-likeness (QED) is 0.0138. The number of carboxylic acid groups (broad SMARTS) is 1. The molecule has 7 rings (SSSR count). The lowest BCUT2D eigenvalue weighted by Crippen LogP contribution is -2.58. The van der Waals surface area contributed by atoms with E-state index in [9.17, 15) is 67.7 Å². The highest BCUT2D eigenvalue weighted by atomic mass is 19.1. The molecule has 5 atom stereocenters. The van der Waals surface area contributed by atoms with E-state index in [1.165, 1.54) is 10.6 Å². The summed E-state index contributed by atoms with van der Waals surface area (Å²) in [5.41, 5.74) is 5.99. The molecule has 1 aromatic carbocycles. The molecule has 0 unspecified atom stereocenters. The number of aliphatic carboxylic acids is 1. The number of fused-ring (bicyclic) bond motifs is 5. The molecule has 0 radical (unpaired) electrons. The minimum atomic E-state index is -2.08. The van der Waals surface area contributed by atoms with Gasteiger partial charge in [0, 0.05) is 54.1 Å². The summed E-state index contributed by atoms with van der Waals surface area (Å²) < 4.78 is 38.4. The van der Waals surface area contributed by atoms with E-state index < -0.39 is 139 Å². The van der Waals surface area contributed by atoms with Gasteiger partial charge in [0.05, 0.1) is 68.0 Å². The number of aromatic nitrogens is 2. The molecule has 29 nitrogen and oxygen atoms in total. The van der Waals surface area contributed by atoms with Crippen LogP contribution >= 0.6 is 0 Å². The highest BCUT2D eigenvalue weighted by Gasteiger charge is 2.46. The number of pyridine rings is 2. The third-order valence-corrected chi connectivity index (χ3v) is 14.9. The molecule has 0 spiro atoms. The van der Waals surface area contributed by atoms with Crippen molar-refractivity contribution in [2.45, 2.75) is 122 Å². The number of nitrogens with two attached hydrogens (primary N) is 1. The number of nitrogens with one attached hydrogen (secondary N) is 7. The number of halogens is 1. The van der Waals surface area contributed by atoms with Gasteiger partial charge in [-0.05, 0) is 74.1 Å². The van der Waals surface area contributed by atoms with Crippen LogP contribution in [0.2, 0.25) is 0 Å². The summed E-state index contributed by atoms with van der Waals surface area (Å²) in [5, 5.41) is 39.0. The number of primary amides is 1. The van der Waals surface area contributed by atoms with Crippen LogP contribution in [0, 0.1) is 18.7 Å². The topological polar surface area (TPSA) is 414 Å². The van der Waals surface area contributed by atoms with Gasteiger partial charge in [-0.25, -0.2) is 23.8 Å². The van der Waals surface area contributed by atoms with E-state index in [0.717, 1.165) is 17.1 Å². The first kappa shape index (κ1) is 63.7. The number of alkyl carbamates (subject to hydrolysis) is 1. The van der Waals surface area contributed by atoms with E-state index in [1.807, 2.05) is 0 Å². The van der Waals surface area contributed by atoms with Crippen molar-refractivity contribution < 1.29 is 86.3 Å². The Morgan fingerprint density at radius 1 is 0.859 bits per heavy atom. The summed E-state index contributed by atoms with van der Waals surface area (Å²) in [6.45, 7) is 4.25. The molecule has 0 saturated heterocycles. The summed E-state index contributed by atoms with van der Waals surface area (Å²) >= 11 is 0. The van der Waals surface area contributed by atoms with Crippen LogP contribution in [0.1, 0.15) is 105 Å². The first-order valence-electron chi connectivity index (χ1n) is 27.6. The maximum Gasteiger partial charge on any atom is 0.407 e. The average Bonchev–Trinajstić information content (AvgIpc) is 1.96. The van der Waals surface area contributed by atoms with Gasteiger partial charge in [0.15, 0.2) is 5.60 Å². The summed E-state index contributed by atoms with van der Waals surface area (Å²) in [6.07, 6.45) is 0.837. The minimum Gasteiger partial charge on any atom is -0.481 e. The summed E-state index contributed by atoms with van der Waals surface area (Å²) in [6, 6.07) is -2.87. The number of esters is 1. The molecular formula is C55H68FN11O18. The molecule has 11 N–H and O–H groups in total. The van der Waals surface area contributed by atoms with Gasteiger partial charge in [0.2, 0.25) is 29.5 Å². The molecule has 3 aliphatic heterocycles. The normalized spacial score (nSPS) is 17.4. The molecule has 1 aliphatic carbocycles. The van der Waals surface area contributed by atoms with Crippen LogP contribution in [0.25, 0.3) is 22.3 Å². The number of urea groups is 1. The Labute approximate surface area is 484 Å². The maximum absolute atomic E-state index is 15.4. The van der Waals surface area contributed by atoms with Crippen LogP contribution in [0.5, 0.6) is 0 Å². The highest BCUT2D eigenvalue weighted by Crippen LogP contribution is 2.46. The number of hydrogen-bond acceptors (Lipinski definition) is 18. The zero-order valence-electron chi connectivity index (χ0n) is 47.1. The lowest BCUT2D eigenvalue weighted by Gasteiger charge is -2.31. The molecular weight excluding hydrogens is 1120 g/mol. The molecule has 0 fully saturated rings. The molecule has 2 aromatic heterocycles. The summed E-state index contributed by atoms with van der Waals surface area (Å²) in [5.74, 6) is -8.38. The largest absolute Gasteiger partial charge is 0.481 e. The number of nitrogens with zero attached hydrogens (tertiary/aromatic N) is 3. The van der Waals surface area contributed by atoms with E-state index in [1.54, 1.807) is 33.8 Å². The minimum absolute atomic E-state index is 0.0103. The Morgan fingerprint density at radius 2 is 1.59 bits per heavy atom. The second kappa shape index (κ2) is 28.1. The van der Waals surface area contributed by atoms with Crippen molar-refractivity contribution >= 4 is 76.3 Å². The van der Waals surface area contributed by atoms with Gasteiger partial charge < -0.3 is 76.7 Å². The fourth-order valence-corrected chi connectivity index (χ4v) is 10.4. The first-order valence-corrected chi connectivity index (χ1v) is 27.6. The maximum atomic E-state index is 15.4. The molecule has 0 bridgehead atoms. The van der Waals surface area contributed by atoms with E-state index >= 15 is 4.39 Å². The van der Waals surface area contributed by atoms with Crippen LogP contribution in [-0.4, -0.2) is 161 Å². The predicted octanol–water partition coefficient (Wildman–Crippen LogP) is -0.797. The third kappa shape index (κ3) is 15.1. The van der Waals surface area contributed by atoms with Crippen molar-refractivity contribution in [1.82, 2.24) is 51.7 Å². The molecule has 85 heavy (non-hydrogen) atoms. The zero-order valence-corrected chi connectivity index (χ0v) is 47.1. The summed E-state index contributed by atoms with van der Waals surface area (Å²) in [4.78, 5) is 159. The standard InChI is InChI=1S/C55H68FN11O18/c1-5-55(81)32-21-38-47-30(24-67(38)51(77)31(32)25-85-52(55)78)45-34(9-8-29-28(4)33(56)22-37(62-47)44(29)45)64-54(80)84-20-19-83-26-60-48(74)35(7-6-15-58-53(57)79)63-50(76)46(27(2)3)65-49(75)36(10-13-43(72)73)61-40(69)23-59-39(68)14-17-82-18-16-66-41(70)11-12-42(66)71/h11-12,21-22,27,34-36,46,81H,5-10,13-20,23-26H2,1-4H3,(H,59,68)(H,60,74)(H,61,69)(H,63,76)(H,64,80)(H,65,75)(H,72,73)(H3,57,58,79)/t34-,35-,36-,46-,55-/m0/s1. The van der Waals surface area contributed by atoms with Crippen molar-refractivity contribution in [2.24, 2.45) is 11.7 Å². The molecule has 4 aliphatic rings. The second-order valence-corrected chi connectivity index (χ2v) is 20.9. The lowest BCUT2D eigenvalue weighted by atomic mass is 9.81. The highest BCUT2D eigenvalue weighted by molar-refractivity contribution is 6.12. The zero-order chi connectivity index (χ0) is 61.9. The second-order valence-electron chi connectivity index (χ2n) is 20.9. The SMILES string of the molecule is CC[C@@]1(O)C(=O)OCc2c1cc1n(c2=O)Cc2c-1nc1cc(F)c(C)c3c1c2[C@@H](NC(=O)OCCOCNC(=O)[C@H](CCCNC(N)=O)NC(=O)[C@@H](NC(=O)[C@H](CCC(=O)O)NC(=O)CNC(=O)CCOCCN1C(=O)C=CC1=O)C(C)C)CC3. The molecule has 0 saturated carbocycles. The lowest BCUT2D eigenvalue weighted by molar-refractivity contribution is -0.172. The van der Waals surface area contributed by atoms with Gasteiger partial charge in [-0.3, -0.25) is 48.1 Å². The van der Waals surface area contributed by atoms with E-state index in [0.29, 0.717) is 51.9 Å². The first-order chi connectivity index (χ1) is 40.4. The monoisotopic (exact) mass is 1190 g/mol. The Hall–Kier alpha value is -8.90. The van der Waals surface area contributed by atoms with Gasteiger partial charge in [-0.15, -0.1) is 0 Å². The number of benzene rings is 1. The summed E-state index contributed by atoms with van der Waals surface area (Å²) in [7, 11) is 0. The number of hydrogen-bond donors (Lipinski definition) is 10. The molecule has 3 aromatic rings. The fraction of sp³-hybridized carbons (Fsp3) is 0.509. The Morgan fingerprint density at radius 3 is 2.28 bits per heavy atom. The van der Waals surface area contributed by atoms with Crippen molar-refractivity contribution in [3.8, 4) is 11.4 Å². The number of carbonyl (C=O) groups excluding carboxylic acids is 10. The van der Waals surface area contributed by atoms with Gasteiger partial charge in [-0.1, -0.05) is 20.8 Å². The number of rotatable bonds is 29. The number of aliphatic hydroxyl groups is 1. The van der Waals surface area contributed by atoms with Gasteiger partial charge >= 0.3 is 24.1 Å². The molecule has 10 amide bonds. The van der Waals surface area contributed by atoms with Gasteiger partial charge in [0.25, 0.3) is 17.4 Å². The number of carboxylic acids is 1. The van der Waals surface area contributed by atoms with E-state index in [-0.39, 0.29) is 95.0 Å². The number of carbonyl (C=O) groups is 11. The molecule has 30 heteroatoms. The van der Waals surface area contributed by atoms with Crippen molar-refractivity contribution in [3.63, 3.8) is 0 Å². The smallest absolute Gasteiger partial charge is 0.407 e. The van der Waals surface area contributed by atoms with Gasteiger partial charge in [-0.2, -0.15) is 0 Å². The van der Waals surface area contributed by atoms with Crippen LogP contribution in [-0.2, 0) is 87.3 Å². The average molecular weight is 1190 g/mol. The fourth-order valence-electron chi connectivity index (χ4n) is 10.4. The van der Waals surface area contributed by atoms with Crippen LogP contribution in [0.3, 0.4) is 0 Å². The number of amides is 10. The number of aryl methyl sites for hydroxylation is 1. The van der Waals surface area contributed by atoms with Crippen molar-refractivity contribution in [2.75, 3.05) is 52.8 Å². The van der Waals surface area contributed by atoms with Gasteiger partial charge in [0.1, 0.15) is 43.9 Å². The van der Waals surface area contributed by atoms with Crippen LogP contribution in [0.15, 0.2) is 29.1 Å². The number of ether oxygens (including phenoxy) is 4. The Bertz CT molecular complexity index is 3260.